The van der Waals surface area contributed by atoms with Crippen LogP contribution in [0.5, 0.6) is 11.8 Å². The molecule has 180 valence electrons. The average Bonchev–Trinajstić information content (AvgIpc) is 2.84. The first-order valence-corrected chi connectivity index (χ1v) is 10.2. The average molecular weight is 484 g/mol. The highest BCUT2D eigenvalue weighted by molar-refractivity contribution is 6.05. The summed E-state index contributed by atoms with van der Waals surface area (Å²) in [6.45, 7) is 1.82. The van der Waals surface area contributed by atoms with Gasteiger partial charge >= 0.3 is 12.2 Å². The Kier molecular flexibility index (Phi) is 6.36. The maximum Gasteiger partial charge on any atom is 0.420 e. The van der Waals surface area contributed by atoms with E-state index in [1.54, 1.807) is 18.2 Å². The number of hydrogen-bond acceptors (Lipinski definition) is 8. The van der Waals surface area contributed by atoms with Crippen molar-refractivity contribution < 1.29 is 27.4 Å². The van der Waals surface area contributed by atoms with Crippen molar-refractivity contribution in [2.75, 3.05) is 24.9 Å². The van der Waals surface area contributed by atoms with Gasteiger partial charge in [-0.2, -0.15) is 18.2 Å². The van der Waals surface area contributed by atoms with E-state index in [0.717, 1.165) is 24.8 Å². The fourth-order valence-corrected chi connectivity index (χ4v) is 3.26. The van der Waals surface area contributed by atoms with E-state index < -0.39 is 17.6 Å². The summed E-state index contributed by atoms with van der Waals surface area (Å²) in [6, 6.07) is 8.27. The number of carbonyl (C=O) groups is 1. The highest BCUT2D eigenvalue weighted by Gasteiger charge is 2.34. The van der Waals surface area contributed by atoms with Gasteiger partial charge in [0.25, 0.3) is 5.91 Å². The molecule has 0 radical (unpaired) electrons. The van der Waals surface area contributed by atoms with Gasteiger partial charge in [-0.1, -0.05) is 6.07 Å². The van der Waals surface area contributed by atoms with E-state index in [-0.39, 0.29) is 23.0 Å². The number of aromatic nitrogens is 4. The van der Waals surface area contributed by atoms with Gasteiger partial charge in [-0.15, -0.1) is 0 Å². The van der Waals surface area contributed by atoms with Gasteiger partial charge in [-0.3, -0.25) is 4.79 Å². The van der Waals surface area contributed by atoms with Crippen LogP contribution < -0.4 is 20.1 Å². The zero-order valence-electron chi connectivity index (χ0n) is 18.8. The minimum atomic E-state index is -4.64. The molecule has 0 spiro atoms. The Bertz CT molecular complexity index is 1410. The summed E-state index contributed by atoms with van der Waals surface area (Å²) in [6.07, 6.45) is -1.80. The Balaban J connectivity index is 1.62. The van der Waals surface area contributed by atoms with Crippen molar-refractivity contribution in [2.45, 2.75) is 13.1 Å². The smallest absolute Gasteiger partial charge is 0.420 e. The molecule has 0 saturated heterocycles. The van der Waals surface area contributed by atoms with Crippen molar-refractivity contribution >= 4 is 34.1 Å². The summed E-state index contributed by atoms with van der Waals surface area (Å²) in [5.74, 6) is -0.570. The van der Waals surface area contributed by atoms with Crippen LogP contribution in [0.1, 0.15) is 21.5 Å². The number of methoxy groups -OCH3 is 2. The molecule has 9 nitrogen and oxygen atoms in total. The van der Waals surface area contributed by atoms with Gasteiger partial charge in [-0.05, 0) is 42.8 Å². The summed E-state index contributed by atoms with van der Waals surface area (Å²) < 4.78 is 49.8. The number of benzene rings is 2. The second-order valence-corrected chi connectivity index (χ2v) is 7.33. The van der Waals surface area contributed by atoms with Crippen LogP contribution in [0.15, 0.2) is 48.9 Å². The molecule has 2 heterocycles. The number of fused-ring (bicyclic) bond motifs is 1. The van der Waals surface area contributed by atoms with Crippen molar-refractivity contribution in [1.29, 1.82) is 0 Å². The number of carbonyl (C=O) groups excluding carboxylic acids is 1. The molecule has 0 saturated carbocycles. The first kappa shape index (κ1) is 23.7. The lowest BCUT2D eigenvalue weighted by molar-refractivity contribution is -0.138. The first-order valence-electron chi connectivity index (χ1n) is 10.2. The van der Waals surface area contributed by atoms with E-state index in [2.05, 4.69) is 30.6 Å². The maximum absolute atomic E-state index is 13.3. The zero-order valence-corrected chi connectivity index (χ0v) is 18.8. The quantitative estimate of drug-likeness (QED) is 0.403. The molecule has 2 aromatic carbocycles. The summed E-state index contributed by atoms with van der Waals surface area (Å²) in [5.41, 5.74) is 1.43. The van der Waals surface area contributed by atoms with Crippen LogP contribution in [0, 0.1) is 6.92 Å². The number of halogens is 3. The topological polar surface area (TPSA) is 111 Å². The molecule has 0 bridgehead atoms. The molecule has 12 heteroatoms. The van der Waals surface area contributed by atoms with E-state index >= 15 is 0 Å². The minimum absolute atomic E-state index is 0.0243. The normalized spacial score (nSPS) is 11.3. The summed E-state index contributed by atoms with van der Waals surface area (Å²) in [5, 5.41) is 5.62. The predicted molar refractivity (Wildman–Crippen MR) is 122 cm³/mol. The highest BCUT2D eigenvalue weighted by Crippen LogP contribution is 2.38. The van der Waals surface area contributed by atoms with Crippen LogP contribution in [0.4, 0.5) is 30.4 Å². The summed E-state index contributed by atoms with van der Waals surface area (Å²) in [4.78, 5) is 29.5. The van der Waals surface area contributed by atoms with Gasteiger partial charge in [0.1, 0.15) is 23.1 Å². The summed E-state index contributed by atoms with van der Waals surface area (Å²) in [7, 11) is 2.58. The highest BCUT2D eigenvalue weighted by atomic mass is 19.4. The monoisotopic (exact) mass is 484 g/mol. The molecule has 4 aromatic rings. The molecule has 0 unspecified atom stereocenters. The van der Waals surface area contributed by atoms with Gasteiger partial charge in [0, 0.05) is 16.9 Å². The van der Waals surface area contributed by atoms with Gasteiger partial charge < -0.3 is 20.1 Å². The number of amides is 1. The van der Waals surface area contributed by atoms with Crippen molar-refractivity contribution in [3.63, 3.8) is 0 Å². The van der Waals surface area contributed by atoms with Crippen molar-refractivity contribution in [3.8, 4) is 11.8 Å². The third-order valence-electron chi connectivity index (χ3n) is 5.05. The van der Waals surface area contributed by atoms with Gasteiger partial charge in [0.2, 0.25) is 0 Å². The van der Waals surface area contributed by atoms with E-state index in [4.69, 9.17) is 9.47 Å². The molecular formula is C23H19F3N6O3. The van der Waals surface area contributed by atoms with Crippen LogP contribution in [-0.2, 0) is 6.18 Å². The number of rotatable bonds is 6. The summed E-state index contributed by atoms with van der Waals surface area (Å²) >= 11 is 0. The van der Waals surface area contributed by atoms with Crippen LogP contribution in [0.25, 0.3) is 11.0 Å². The lowest BCUT2D eigenvalue weighted by Gasteiger charge is -2.15. The first-order chi connectivity index (χ1) is 16.7. The fraction of sp³-hybridized carbons (Fsp3) is 0.174. The standard InChI is InChI=1S/C23H19F3N6O3/c1-12-4-5-13(21(33)30-14-6-7-18(34-2)15(9-14)23(24,25)26)8-16(12)31-20-19-17(28-11-29-20)10-27-22(32-19)35-3/h4-11H,1-3H3,(H,30,33)(H,28,29,31). The fourth-order valence-electron chi connectivity index (χ4n) is 3.26. The molecule has 0 atom stereocenters. The molecule has 0 aliphatic heterocycles. The largest absolute Gasteiger partial charge is 0.496 e. The molecular weight excluding hydrogens is 465 g/mol. The number of hydrogen-bond donors (Lipinski definition) is 2. The molecule has 35 heavy (non-hydrogen) atoms. The Morgan fingerprint density at radius 3 is 2.51 bits per heavy atom. The van der Waals surface area contributed by atoms with Crippen LogP contribution in [0.2, 0.25) is 0 Å². The molecule has 0 aliphatic carbocycles. The molecule has 2 aromatic heterocycles. The Morgan fingerprint density at radius 2 is 1.80 bits per heavy atom. The molecule has 0 fully saturated rings. The lowest BCUT2D eigenvalue weighted by atomic mass is 10.1. The predicted octanol–water partition coefficient (Wildman–Crippen LogP) is 4.76. The lowest BCUT2D eigenvalue weighted by Crippen LogP contribution is -2.14. The number of ether oxygens (including phenoxy) is 2. The second kappa shape index (κ2) is 9.41. The van der Waals surface area contributed by atoms with E-state index in [0.29, 0.717) is 22.5 Å². The van der Waals surface area contributed by atoms with Crippen LogP contribution in [0.3, 0.4) is 0 Å². The third-order valence-corrected chi connectivity index (χ3v) is 5.05. The van der Waals surface area contributed by atoms with Gasteiger partial charge in [-0.25, -0.2) is 15.0 Å². The Morgan fingerprint density at radius 1 is 1.00 bits per heavy atom. The Hall–Kier alpha value is -4.48. The van der Waals surface area contributed by atoms with Crippen molar-refractivity contribution in [1.82, 2.24) is 19.9 Å². The minimum Gasteiger partial charge on any atom is -0.496 e. The number of nitrogens with zero attached hydrogens (tertiary/aromatic N) is 4. The molecule has 1 amide bonds. The number of nitrogens with one attached hydrogen (secondary N) is 2. The van der Waals surface area contributed by atoms with E-state index in [1.807, 2.05) is 6.92 Å². The number of alkyl halides is 3. The van der Waals surface area contributed by atoms with E-state index in [9.17, 15) is 18.0 Å². The Labute approximate surface area is 197 Å². The molecule has 4 rings (SSSR count). The SMILES string of the molecule is COc1ncc2ncnc(Nc3cc(C(=O)Nc4ccc(OC)c(C(F)(F)F)c4)ccc3C)c2n1. The van der Waals surface area contributed by atoms with Gasteiger partial charge in [0.15, 0.2) is 5.82 Å². The van der Waals surface area contributed by atoms with Crippen LogP contribution >= 0.6 is 0 Å². The maximum atomic E-state index is 13.3. The number of anilines is 3. The van der Waals surface area contributed by atoms with Crippen molar-refractivity contribution in [2.24, 2.45) is 0 Å². The molecule has 0 aliphatic rings. The second-order valence-electron chi connectivity index (χ2n) is 7.33. The zero-order chi connectivity index (χ0) is 25.2. The molecule has 2 N–H and O–H groups in total. The van der Waals surface area contributed by atoms with Gasteiger partial charge in [0.05, 0.1) is 26.0 Å². The van der Waals surface area contributed by atoms with Crippen molar-refractivity contribution in [3.05, 3.63) is 65.6 Å². The third kappa shape index (κ3) is 5.05. The number of aryl methyl sites for hydroxylation is 1. The van der Waals surface area contributed by atoms with E-state index in [1.165, 1.54) is 25.7 Å². The van der Waals surface area contributed by atoms with Crippen LogP contribution in [-0.4, -0.2) is 40.1 Å².